The molecule has 0 bridgehead atoms. The molecule has 0 saturated heterocycles. The molecule has 0 saturated carbocycles. The van der Waals surface area contributed by atoms with Gasteiger partial charge in [-0.05, 0) is 50.8 Å². The lowest BCUT2D eigenvalue weighted by Gasteiger charge is -2.29. The van der Waals surface area contributed by atoms with Gasteiger partial charge >= 0.3 is 0 Å². The van der Waals surface area contributed by atoms with Crippen LogP contribution in [0.3, 0.4) is 0 Å². The van der Waals surface area contributed by atoms with Crippen molar-refractivity contribution in [3.8, 4) is 11.1 Å². The van der Waals surface area contributed by atoms with Crippen LogP contribution in [0.4, 0.5) is 0 Å². The molecule has 4 rings (SSSR count). The Morgan fingerprint density at radius 1 is 0.846 bits per heavy atom. The Morgan fingerprint density at radius 2 is 1.62 bits per heavy atom. The molecule has 1 aromatic heterocycles. The summed E-state index contributed by atoms with van der Waals surface area (Å²) < 4.78 is 2.03. The van der Waals surface area contributed by atoms with Crippen LogP contribution in [-0.4, -0.2) is 21.9 Å². The van der Waals surface area contributed by atoms with Crippen LogP contribution in [0.2, 0.25) is 0 Å². The van der Waals surface area contributed by atoms with Gasteiger partial charge in [-0.1, -0.05) is 48.5 Å². The molecule has 0 radical (unpaired) electrons. The lowest BCUT2D eigenvalue weighted by molar-refractivity contribution is 0.0686. The average Bonchev–Trinajstić information content (AvgIpc) is 2.68. The minimum Gasteiger partial charge on any atom is -0.331 e. The molecule has 0 fully saturated rings. The fourth-order valence-electron chi connectivity index (χ4n) is 3.30. The van der Waals surface area contributed by atoms with Crippen LogP contribution in [0.1, 0.15) is 16.1 Å². The molecule has 2 heterocycles. The smallest absolute Gasteiger partial charge is 0.270 e. The van der Waals surface area contributed by atoms with Gasteiger partial charge in [-0.25, -0.2) is 0 Å². The third kappa shape index (κ3) is 3.10. The van der Waals surface area contributed by atoms with Gasteiger partial charge in [-0.3, -0.25) is 9.59 Å². The highest BCUT2D eigenvalue weighted by Crippen LogP contribution is 2.22. The molecule has 2 aromatic carbocycles. The number of carbonyl (C=O) groups is 1. The van der Waals surface area contributed by atoms with Gasteiger partial charge in [-0.2, -0.15) is 0 Å². The Balaban J connectivity index is 1.60. The third-order valence-electron chi connectivity index (χ3n) is 4.64. The predicted molar refractivity (Wildman–Crippen MR) is 105 cm³/mol. The molecule has 0 aliphatic carbocycles. The van der Waals surface area contributed by atoms with E-state index in [4.69, 9.17) is 0 Å². The Labute approximate surface area is 159 Å². The number of rotatable bonds is 3. The number of carbonyl (C=O) groups excluding carboxylic acids is 1. The number of hydrogen-bond donors (Lipinski definition) is 0. The van der Waals surface area contributed by atoms with Crippen molar-refractivity contribution >= 4 is 21.8 Å². The zero-order chi connectivity index (χ0) is 18.1. The molecular weight excluding hydrogens is 392 g/mol. The molecule has 3 aromatic rings. The summed E-state index contributed by atoms with van der Waals surface area (Å²) in [5.74, 6) is -0.106. The maximum atomic E-state index is 12.8. The number of benzene rings is 2. The van der Waals surface area contributed by atoms with Crippen molar-refractivity contribution in [2.75, 3.05) is 6.54 Å². The second-order valence-corrected chi connectivity index (χ2v) is 7.17. The van der Waals surface area contributed by atoms with Gasteiger partial charge in [0, 0.05) is 19.6 Å². The Hall–Kier alpha value is -2.66. The minimum atomic E-state index is -0.151. The van der Waals surface area contributed by atoms with Gasteiger partial charge in [0.1, 0.15) is 5.69 Å². The zero-order valence-corrected chi connectivity index (χ0v) is 15.6. The van der Waals surface area contributed by atoms with E-state index >= 15 is 0 Å². The van der Waals surface area contributed by atoms with Gasteiger partial charge in [0.05, 0.1) is 4.47 Å². The number of hydrogen-bond acceptors (Lipinski definition) is 2. The highest BCUT2D eigenvalue weighted by Gasteiger charge is 2.25. The third-order valence-corrected chi connectivity index (χ3v) is 5.24. The summed E-state index contributed by atoms with van der Waals surface area (Å²) in [6, 6.07) is 21.8. The first kappa shape index (κ1) is 16.8. The van der Waals surface area contributed by atoms with Crippen LogP contribution in [-0.2, 0) is 13.1 Å². The lowest BCUT2D eigenvalue weighted by Crippen LogP contribution is -2.44. The van der Waals surface area contributed by atoms with E-state index in [1.54, 1.807) is 21.6 Å². The number of fused-ring (bicyclic) bond motifs is 1. The second kappa shape index (κ2) is 6.92. The van der Waals surface area contributed by atoms with Crippen LogP contribution in [0.5, 0.6) is 0 Å². The van der Waals surface area contributed by atoms with E-state index in [1.807, 2.05) is 30.3 Å². The van der Waals surface area contributed by atoms with Crippen LogP contribution < -0.4 is 5.56 Å². The van der Waals surface area contributed by atoms with E-state index in [0.717, 1.165) is 16.7 Å². The molecule has 1 aliphatic rings. The molecular formula is C21H17BrN2O2. The van der Waals surface area contributed by atoms with E-state index in [2.05, 4.69) is 40.2 Å². The molecule has 0 spiro atoms. The second-order valence-electron chi connectivity index (χ2n) is 6.32. The van der Waals surface area contributed by atoms with Crippen molar-refractivity contribution in [2.45, 2.75) is 13.1 Å². The molecule has 5 heteroatoms. The van der Waals surface area contributed by atoms with Crippen molar-refractivity contribution in [1.82, 2.24) is 9.47 Å². The highest BCUT2D eigenvalue weighted by molar-refractivity contribution is 9.10. The van der Waals surface area contributed by atoms with Gasteiger partial charge in [0.15, 0.2) is 0 Å². The standard InChI is InChI=1S/C21H17BrN2O2/c22-18-9-10-19-21(26)23(11-12-24(19)20(18)25)14-15-5-4-8-17(13-15)16-6-2-1-3-7-16/h1-10,13H,11-12,14H2. The summed E-state index contributed by atoms with van der Waals surface area (Å²) >= 11 is 3.24. The van der Waals surface area contributed by atoms with Crippen LogP contribution >= 0.6 is 15.9 Å². The van der Waals surface area contributed by atoms with E-state index in [1.165, 1.54) is 0 Å². The van der Waals surface area contributed by atoms with Crippen molar-refractivity contribution < 1.29 is 4.79 Å². The highest BCUT2D eigenvalue weighted by atomic mass is 79.9. The first-order valence-electron chi connectivity index (χ1n) is 8.46. The number of aromatic nitrogens is 1. The average molecular weight is 409 g/mol. The fraction of sp³-hybridized carbons (Fsp3) is 0.143. The topological polar surface area (TPSA) is 42.3 Å². The van der Waals surface area contributed by atoms with Gasteiger partial charge in [-0.15, -0.1) is 0 Å². The summed E-state index contributed by atoms with van der Waals surface area (Å²) in [7, 11) is 0. The minimum absolute atomic E-state index is 0.106. The Morgan fingerprint density at radius 3 is 2.42 bits per heavy atom. The summed E-state index contributed by atoms with van der Waals surface area (Å²) in [5, 5.41) is 0. The zero-order valence-electron chi connectivity index (χ0n) is 14.1. The van der Waals surface area contributed by atoms with E-state index in [9.17, 15) is 9.59 Å². The molecule has 0 unspecified atom stereocenters. The largest absolute Gasteiger partial charge is 0.331 e. The molecule has 26 heavy (non-hydrogen) atoms. The number of pyridine rings is 1. The lowest BCUT2D eigenvalue weighted by atomic mass is 10.0. The summed E-state index contributed by atoms with van der Waals surface area (Å²) in [6.45, 7) is 1.57. The van der Waals surface area contributed by atoms with Crippen LogP contribution in [0.15, 0.2) is 76.0 Å². The summed E-state index contributed by atoms with van der Waals surface area (Å²) in [4.78, 5) is 26.8. The molecule has 0 N–H and O–H groups in total. The number of amides is 1. The quantitative estimate of drug-likeness (QED) is 0.658. The van der Waals surface area contributed by atoms with E-state index in [-0.39, 0.29) is 11.5 Å². The first-order valence-corrected chi connectivity index (χ1v) is 9.26. The molecule has 1 aliphatic heterocycles. The van der Waals surface area contributed by atoms with Gasteiger partial charge in [0.2, 0.25) is 0 Å². The maximum absolute atomic E-state index is 12.8. The van der Waals surface area contributed by atoms with Crippen molar-refractivity contribution in [3.05, 3.63) is 92.8 Å². The van der Waals surface area contributed by atoms with Crippen LogP contribution in [0.25, 0.3) is 11.1 Å². The molecule has 0 atom stereocenters. The predicted octanol–water partition coefficient (Wildman–Crippen LogP) is 3.93. The fourth-order valence-corrected chi connectivity index (χ4v) is 3.64. The number of halogens is 1. The monoisotopic (exact) mass is 408 g/mol. The molecule has 1 amide bonds. The molecule has 130 valence electrons. The van der Waals surface area contributed by atoms with Gasteiger partial charge in [0.25, 0.3) is 11.5 Å². The van der Waals surface area contributed by atoms with Crippen molar-refractivity contribution in [1.29, 1.82) is 0 Å². The van der Waals surface area contributed by atoms with Crippen LogP contribution in [0, 0.1) is 0 Å². The number of nitrogens with zero attached hydrogens (tertiary/aromatic N) is 2. The molecule has 4 nitrogen and oxygen atoms in total. The summed E-state index contributed by atoms with van der Waals surface area (Å²) in [5.41, 5.74) is 3.66. The Bertz CT molecular complexity index is 1030. The van der Waals surface area contributed by atoms with Crippen molar-refractivity contribution in [2.24, 2.45) is 0 Å². The van der Waals surface area contributed by atoms with E-state index in [0.29, 0.717) is 29.8 Å². The van der Waals surface area contributed by atoms with Crippen molar-refractivity contribution in [3.63, 3.8) is 0 Å². The normalized spacial score (nSPS) is 13.6. The maximum Gasteiger partial charge on any atom is 0.270 e. The first-order chi connectivity index (χ1) is 12.6. The Kier molecular flexibility index (Phi) is 4.47. The SMILES string of the molecule is O=C1c2ccc(Br)c(=O)n2CCN1Cc1cccc(-c2ccccc2)c1. The van der Waals surface area contributed by atoms with Gasteiger partial charge < -0.3 is 9.47 Å². The summed E-state index contributed by atoms with van der Waals surface area (Å²) in [6.07, 6.45) is 0. The van der Waals surface area contributed by atoms with E-state index < -0.39 is 0 Å².